The van der Waals surface area contributed by atoms with Crippen molar-refractivity contribution in [1.29, 1.82) is 0 Å². The van der Waals surface area contributed by atoms with Crippen molar-refractivity contribution in [1.82, 2.24) is 0 Å². The molecule has 31 heavy (non-hydrogen) atoms. The lowest BCUT2D eigenvalue weighted by Crippen LogP contribution is -2.14. The number of fused-ring (bicyclic) bond motifs is 1. The fraction of sp³-hybridized carbons (Fsp3) is 0.0400. The largest absolute Gasteiger partial charge is 0.478 e. The predicted octanol–water partition coefficient (Wildman–Crippen LogP) is 6.76. The van der Waals surface area contributed by atoms with Crippen LogP contribution in [0.25, 0.3) is 16.2 Å². The van der Waals surface area contributed by atoms with Crippen molar-refractivity contribution in [2.24, 2.45) is 0 Å². The lowest BCUT2D eigenvalue weighted by atomic mass is 10.1. The van der Waals surface area contributed by atoms with Gasteiger partial charge < -0.3 is 10.4 Å². The van der Waals surface area contributed by atoms with Crippen LogP contribution >= 0.6 is 22.9 Å². The monoisotopic (exact) mass is 447 g/mol. The number of amides is 1. The molecule has 6 heteroatoms. The van der Waals surface area contributed by atoms with Crippen LogP contribution in [0.4, 0.5) is 5.69 Å². The third kappa shape index (κ3) is 4.68. The van der Waals surface area contributed by atoms with E-state index < -0.39 is 11.9 Å². The SMILES string of the molecule is O=C(O)c1ccc(/C=C/Cc2ccccc2)cc1NC(=O)c1sc2ccccc2c1Cl. The lowest BCUT2D eigenvalue weighted by molar-refractivity contribution is 0.0698. The van der Waals surface area contributed by atoms with E-state index in [9.17, 15) is 14.7 Å². The van der Waals surface area contributed by atoms with Crippen molar-refractivity contribution in [3.8, 4) is 0 Å². The van der Waals surface area contributed by atoms with Crippen molar-refractivity contribution in [3.63, 3.8) is 0 Å². The molecule has 0 aliphatic carbocycles. The van der Waals surface area contributed by atoms with E-state index in [1.54, 1.807) is 12.1 Å². The molecule has 0 saturated heterocycles. The van der Waals surface area contributed by atoms with Crippen LogP contribution in [0.1, 0.15) is 31.2 Å². The van der Waals surface area contributed by atoms with Gasteiger partial charge in [0.05, 0.1) is 16.3 Å². The number of carbonyl (C=O) groups is 2. The van der Waals surface area contributed by atoms with Gasteiger partial charge in [-0.1, -0.05) is 78.4 Å². The average Bonchev–Trinajstić information content (AvgIpc) is 3.11. The fourth-order valence-electron chi connectivity index (χ4n) is 3.24. The molecule has 3 aromatic carbocycles. The summed E-state index contributed by atoms with van der Waals surface area (Å²) >= 11 is 7.68. The molecule has 2 N–H and O–H groups in total. The summed E-state index contributed by atoms with van der Waals surface area (Å²) in [5, 5.41) is 13.4. The molecule has 0 atom stereocenters. The number of hydrogen-bond acceptors (Lipinski definition) is 3. The zero-order chi connectivity index (χ0) is 21.8. The molecule has 0 radical (unpaired) electrons. The Morgan fingerprint density at radius 2 is 1.74 bits per heavy atom. The minimum atomic E-state index is -1.11. The number of thiophene rings is 1. The quantitative estimate of drug-likeness (QED) is 0.343. The molecule has 4 nitrogen and oxygen atoms in total. The van der Waals surface area contributed by atoms with Gasteiger partial charge in [0.15, 0.2) is 0 Å². The number of carboxylic acid groups (broad SMARTS) is 1. The molecule has 1 amide bonds. The number of nitrogens with one attached hydrogen (secondary N) is 1. The summed E-state index contributed by atoms with van der Waals surface area (Å²) in [6.45, 7) is 0. The number of anilines is 1. The van der Waals surface area contributed by atoms with E-state index in [4.69, 9.17) is 11.6 Å². The average molecular weight is 448 g/mol. The number of carbonyl (C=O) groups excluding carboxylic acids is 1. The topological polar surface area (TPSA) is 66.4 Å². The van der Waals surface area contributed by atoms with E-state index >= 15 is 0 Å². The van der Waals surface area contributed by atoms with Gasteiger partial charge in [-0.2, -0.15) is 0 Å². The highest BCUT2D eigenvalue weighted by Gasteiger charge is 2.19. The maximum absolute atomic E-state index is 12.9. The third-order valence-electron chi connectivity index (χ3n) is 4.77. The minimum absolute atomic E-state index is 0.0193. The molecule has 0 aliphatic rings. The number of benzene rings is 3. The van der Waals surface area contributed by atoms with E-state index in [2.05, 4.69) is 5.32 Å². The molecule has 0 aliphatic heterocycles. The molecule has 0 spiro atoms. The van der Waals surface area contributed by atoms with Crippen molar-refractivity contribution in [3.05, 3.63) is 105 Å². The number of rotatable bonds is 6. The van der Waals surface area contributed by atoms with Gasteiger partial charge in [-0.3, -0.25) is 4.79 Å². The second-order valence-corrected chi connectivity index (χ2v) is 8.33. The van der Waals surface area contributed by atoms with Gasteiger partial charge in [0.2, 0.25) is 0 Å². The van der Waals surface area contributed by atoms with Crippen LogP contribution in [-0.4, -0.2) is 17.0 Å². The van der Waals surface area contributed by atoms with Crippen LogP contribution in [0.15, 0.2) is 78.9 Å². The van der Waals surface area contributed by atoms with Crippen molar-refractivity contribution >= 4 is 56.7 Å². The predicted molar refractivity (Wildman–Crippen MR) is 127 cm³/mol. The highest BCUT2D eigenvalue weighted by atomic mass is 35.5. The molecule has 1 heterocycles. The second kappa shape index (κ2) is 9.16. The first-order valence-corrected chi connectivity index (χ1v) is 10.8. The Kier molecular flexibility index (Phi) is 6.16. The standard InChI is InChI=1S/C25H18ClNO3S/c26-22-19-11-4-5-12-21(19)31-23(22)24(28)27-20-15-17(13-14-18(20)25(29)30)10-6-9-16-7-2-1-3-8-16/h1-8,10-15H,9H2,(H,27,28)(H,29,30)/b10-6+. The molecule has 1 aromatic heterocycles. The van der Waals surface area contributed by atoms with Gasteiger partial charge in [-0.05, 0) is 35.7 Å². The van der Waals surface area contributed by atoms with Crippen molar-refractivity contribution in [2.45, 2.75) is 6.42 Å². The number of halogens is 1. The van der Waals surface area contributed by atoms with Gasteiger partial charge in [0.25, 0.3) is 5.91 Å². The smallest absolute Gasteiger partial charge is 0.337 e. The van der Waals surface area contributed by atoms with Crippen LogP contribution in [0, 0.1) is 0 Å². The zero-order valence-electron chi connectivity index (χ0n) is 16.3. The Morgan fingerprint density at radius 3 is 2.48 bits per heavy atom. The Morgan fingerprint density at radius 1 is 1.00 bits per heavy atom. The molecule has 154 valence electrons. The summed E-state index contributed by atoms with van der Waals surface area (Å²) in [4.78, 5) is 24.9. The van der Waals surface area contributed by atoms with E-state index in [1.807, 2.05) is 66.7 Å². The first-order valence-electron chi connectivity index (χ1n) is 9.59. The highest BCUT2D eigenvalue weighted by molar-refractivity contribution is 7.21. The maximum atomic E-state index is 12.9. The van der Waals surface area contributed by atoms with E-state index in [1.165, 1.54) is 23.0 Å². The van der Waals surface area contributed by atoms with Crippen molar-refractivity contribution in [2.75, 3.05) is 5.32 Å². The molecule has 4 aromatic rings. The molecule has 4 rings (SSSR count). The van der Waals surface area contributed by atoms with Gasteiger partial charge >= 0.3 is 5.97 Å². The summed E-state index contributed by atoms with van der Waals surface area (Å²) in [5.41, 5.74) is 2.21. The molecule has 0 saturated carbocycles. The Hall–Kier alpha value is -3.41. The van der Waals surface area contributed by atoms with Crippen LogP contribution in [0.2, 0.25) is 5.02 Å². The molecular formula is C25H18ClNO3S. The van der Waals surface area contributed by atoms with E-state index in [-0.39, 0.29) is 11.3 Å². The van der Waals surface area contributed by atoms with Gasteiger partial charge in [0.1, 0.15) is 4.88 Å². The normalized spacial score (nSPS) is 11.1. The third-order valence-corrected chi connectivity index (χ3v) is 6.44. The minimum Gasteiger partial charge on any atom is -0.478 e. The van der Waals surface area contributed by atoms with Gasteiger partial charge in [-0.25, -0.2) is 4.79 Å². The molecule has 0 fully saturated rings. The van der Waals surface area contributed by atoms with E-state index in [0.717, 1.165) is 22.1 Å². The summed E-state index contributed by atoms with van der Waals surface area (Å²) in [6.07, 6.45) is 4.65. The van der Waals surface area contributed by atoms with Crippen LogP contribution in [-0.2, 0) is 6.42 Å². The Labute approximate surface area is 188 Å². The number of allylic oxidation sites excluding steroid dienone is 1. The Bertz CT molecular complexity index is 1290. The number of aromatic carboxylic acids is 1. The first-order chi connectivity index (χ1) is 15.0. The van der Waals surface area contributed by atoms with Crippen LogP contribution in [0.3, 0.4) is 0 Å². The molecular weight excluding hydrogens is 430 g/mol. The lowest BCUT2D eigenvalue weighted by Gasteiger charge is -2.09. The fourth-order valence-corrected chi connectivity index (χ4v) is 4.65. The zero-order valence-corrected chi connectivity index (χ0v) is 17.9. The first kappa shape index (κ1) is 20.8. The van der Waals surface area contributed by atoms with Gasteiger partial charge in [-0.15, -0.1) is 11.3 Å². The van der Waals surface area contributed by atoms with Crippen LogP contribution in [0.5, 0.6) is 0 Å². The molecule has 0 unspecified atom stereocenters. The summed E-state index contributed by atoms with van der Waals surface area (Å²) in [7, 11) is 0. The Balaban J connectivity index is 1.59. The number of hydrogen-bond donors (Lipinski definition) is 2. The maximum Gasteiger partial charge on any atom is 0.337 e. The summed E-state index contributed by atoms with van der Waals surface area (Å²) < 4.78 is 0.897. The number of carboxylic acids is 1. The van der Waals surface area contributed by atoms with Crippen LogP contribution < -0.4 is 5.32 Å². The summed E-state index contributed by atoms with van der Waals surface area (Å²) in [5.74, 6) is -1.54. The summed E-state index contributed by atoms with van der Waals surface area (Å²) in [6, 6.07) is 22.4. The molecule has 0 bridgehead atoms. The van der Waals surface area contributed by atoms with E-state index in [0.29, 0.717) is 9.90 Å². The highest BCUT2D eigenvalue weighted by Crippen LogP contribution is 2.35. The van der Waals surface area contributed by atoms with Crippen molar-refractivity contribution < 1.29 is 14.7 Å². The second-order valence-electron chi connectivity index (χ2n) is 6.90. The van der Waals surface area contributed by atoms with Gasteiger partial charge in [0, 0.05) is 10.1 Å².